The van der Waals surface area contributed by atoms with Gasteiger partial charge in [-0.2, -0.15) is 4.98 Å². The molecule has 1 unspecified atom stereocenters. The number of carbonyl (C=O) groups excluding carboxylic acids is 1. The fourth-order valence-corrected chi connectivity index (χ4v) is 3.50. The third kappa shape index (κ3) is 4.49. The van der Waals surface area contributed by atoms with Crippen molar-refractivity contribution in [3.8, 4) is 0 Å². The van der Waals surface area contributed by atoms with Gasteiger partial charge in [-0.15, -0.1) is 0 Å². The molecule has 0 aliphatic carbocycles. The van der Waals surface area contributed by atoms with E-state index in [9.17, 15) is 9.59 Å². The van der Waals surface area contributed by atoms with Gasteiger partial charge in [0, 0.05) is 19.3 Å². The lowest BCUT2D eigenvalue weighted by atomic mass is 10.1. The Balaban J connectivity index is 1.42. The predicted octanol–water partition coefficient (Wildman–Crippen LogP) is 2.56. The van der Waals surface area contributed by atoms with Gasteiger partial charge in [0.25, 0.3) is 17.4 Å². The van der Waals surface area contributed by atoms with Crippen molar-refractivity contribution in [2.45, 2.75) is 45.4 Å². The SMILES string of the molecule is Cc1ccn(CCc2ccccc2)c(=O)c1C(=O)NCc1noc(C2CCCO2)n1. The lowest BCUT2D eigenvalue weighted by Gasteiger charge is -2.11. The minimum Gasteiger partial charge on any atom is -0.368 e. The Labute approximate surface area is 173 Å². The van der Waals surface area contributed by atoms with E-state index < -0.39 is 5.91 Å². The molecule has 1 aromatic carbocycles. The van der Waals surface area contributed by atoms with Crippen molar-refractivity contribution < 1.29 is 14.1 Å². The summed E-state index contributed by atoms with van der Waals surface area (Å²) in [5, 5.41) is 6.61. The van der Waals surface area contributed by atoms with Crippen LogP contribution in [0.3, 0.4) is 0 Å². The maximum absolute atomic E-state index is 12.9. The molecule has 0 spiro atoms. The van der Waals surface area contributed by atoms with Crippen molar-refractivity contribution in [3.63, 3.8) is 0 Å². The van der Waals surface area contributed by atoms with Gasteiger partial charge >= 0.3 is 0 Å². The van der Waals surface area contributed by atoms with E-state index in [4.69, 9.17) is 9.26 Å². The maximum Gasteiger partial charge on any atom is 0.263 e. The normalized spacial score (nSPS) is 16.0. The summed E-state index contributed by atoms with van der Waals surface area (Å²) < 4.78 is 12.3. The first-order valence-electron chi connectivity index (χ1n) is 10.1. The molecular formula is C22H24N4O4. The molecule has 1 aliphatic rings. The highest BCUT2D eigenvalue weighted by atomic mass is 16.5. The summed E-state index contributed by atoms with van der Waals surface area (Å²) in [4.78, 5) is 29.9. The lowest BCUT2D eigenvalue weighted by Crippen LogP contribution is -2.34. The van der Waals surface area contributed by atoms with Crippen LogP contribution in [0.4, 0.5) is 0 Å². The van der Waals surface area contributed by atoms with E-state index >= 15 is 0 Å². The Morgan fingerprint density at radius 3 is 2.87 bits per heavy atom. The highest BCUT2D eigenvalue weighted by Crippen LogP contribution is 2.26. The Kier molecular flexibility index (Phi) is 6.04. The number of nitrogens with one attached hydrogen (secondary N) is 1. The summed E-state index contributed by atoms with van der Waals surface area (Å²) >= 11 is 0. The topological polar surface area (TPSA) is 99.2 Å². The molecule has 1 amide bonds. The van der Waals surface area contributed by atoms with Gasteiger partial charge in [-0.25, -0.2) is 0 Å². The molecule has 156 valence electrons. The van der Waals surface area contributed by atoms with Crippen LogP contribution in [0.25, 0.3) is 0 Å². The van der Waals surface area contributed by atoms with Gasteiger partial charge in [-0.05, 0) is 43.4 Å². The van der Waals surface area contributed by atoms with E-state index in [2.05, 4.69) is 15.5 Å². The maximum atomic E-state index is 12.9. The first kappa shape index (κ1) is 20.0. The van der Waals surface area contributed by atoms with Gasteiger partial charge in [0.2, 0.25) is 0 Å². The van der Waals surface area contributed by atoms with Gasteiger partial charge in [0.1, 0.15) is 11.7 Å². The van der Waals surface area contributed by atoms with Gasteiger partial charge < -0.3 is 19.1 Å². The summed E-state index contributed by atoms with van der Waals surface area (Å²) in [6.07, 6.45) is 4.07. The minimum absolute atomic E-state index is 0.0762. The van der Waals surface area contributed by atoms with Gasteiger partial charge in [0.15, 0.2) is 5.82 Å². The van der Waals surface area contributed by atoms with Gasteiger partial charge in [-0.1, -0.05) is 35.5 Å². The molecule has 1 atom stereocenters. The summed E-state index contributed by atoms with van der Waals surface area (Å²) in [7, 11) is 0. The standard InChI is InChI=1S/C22H24N4O4/c1-15-9-11-26(12-10-16-6-3-2-4-7-16)22(28)19(15)20(27)23-14-18-24-21(30-25-18)17-8-5-13-29-17/h2-4,6-7,9,11,17H,5,8,10,12-14H2,1H3,(H,23,27). The molecule has 3 aromatic rings. The highest BCUT2D eigenvalue weighted by Gasteiger charge is 2.24. The number of ether oxygens (including phenoxy) is 1. The molecule has 0 radical (unpaired) electrons. The van der Waals surface area contributed by atoms with Crippen LogP contribution >= 0.6 is 0 Å². The smallest absolute Gasteiger partial charge is 0.263 e. The van der Waals surface area contributed by atoms with Crippen LogP contribution < -0.4 is 10.9 Å². The van der Waals surface area contributed by atoms with Crippen LogP contribution in [0.2, 0.25) is 0 Å². The predicted molar refractivity (Wildman–Crippen MR) is 109 cm³/mol. The highest BCUT2D eigenvalue weighted by molar-refractivity contribution is 5.95. The quantitative estimate of drug-likeness (QED) is 0.645. The number of hydrogen-bond donors (Lipinski definition) is 1. The number of carbonyl (C=O) groups is 1. The zero-order valence-corrected chi connectivity index (χ0v) is 16.8. The number of aromatic nitrogens is 3. The van der Waals surface area contributed by atoms with E-state index in [1.165, 1.54) is 0 Å². The molecule has 0 bridgehead atoms. The van der Waals surface area contributed by atoms with Crippen LogP contribution in [-0.4, -0.2) is 27.2 Å². The van der Waals surface area contributed by atoms with Crippen LogP contribution in [-0.2, 0) is 24.2 Å². The summed E-state index contributed by atoms with van der Waals surface area (Å²) in [6, 6.07) is 11.7. The van der Waals surface area contributed by atoms with Crippen LogP contribution in [0, 0.1) is 6.92 Å². The number of amides is 1. The van der Waals surface area contributed by atoms with Crippen LogP contribution in [0.15, 0.2) is 51.9 Å². The largest absolute Gasteiger partial charge is 0.368 e. The molecule has 0 saturated carbocycles. The zero-order valence-electron chi connectivity index (χ0n) is 16.8. The van der Waals surface area contributed by atoms with Crippen molar-refractivity contribution >= 4 is 5.91 Å². The molecule has 30 heavy (non-hydrogen) atoms. The second kappa shape index (κ2) is 9.04. The van der Waals surface area contributed by atoms with E-state index in [-0.39, 0.29) is 23.8 Å². The number of pyridine rings is 1. The van der Waals surface area contributed by atoms with Crippen molar-refractivity contribution in [2.75, 3.05) is 6.61 Å². The second-order valence-electron chi connectivity index (χ2n) is 7.34. The number of rotatable bonds is 7. The average Bonchev–Trinajstić information content (AvgIpc) is 3.44. The molecule has 4 rings (SSSR count). The Morgan fingerprint density at radius 1 is 1.27 bits per heavy atom. The monoisotopic (exact) mass is 408 g/mol. The van der Waals surface area contributed by atoms with Crippen LogP contribution in [0.1, 0.15) is 52.1 Å². The fraction of sp³-hybridized carbons (Fsp3) is 0.364. The van der Waals surface area contributed by atoms with Crippen molar-refractivity contribution in [1.82, 2.24) is 20.0 Å². The lowest BCUT2D eigenvalue weighted by molar-refractivity contribution is 0.0835. The Morgan fingerprint density at radius 2 is 2.10 bits per heavy atom. The first-order valence-corrected chi connectivity index (χ1v) is 10.1. The number of benzene rings is 1. The van der Waals surface area contributed by atoms with Crippen molar-refractivity contribution in [3.05, 3.63) is 81.4 Å². The summed E-state index contributed by atoms with van der Waals surface area (Å²) in [5.41, 5.74) is 1.58. The summed E-state index contributed by atoms with van der Waals surface area (Å²) in [5.74, 6) is 0.331. The number of aryl methyl sites for hydroxylation is 3. The average molecular weight is 408 g/mol. The molecule has 8 nitrogen and oxygen atoms in total. The van der Waals surface area contributed by atoms with Crippen molar-refractivity contribution in [2.24, 2.45) is 0 Å². The van der Waals surface area contributed by atoms with Gasteiger partial charge in [0.05, 0.1) is 6.54 Å². The van der Waals surface area contributed by atoms with E-state index in [1.54, 1.807) is 23.8 Å². The van der Waals surface area contributed by atoms with E-state index in [1.807, 2.05) is 30.3 Å². The number of hydrogen-bond acceptors (Lipinski definition) is 6. The molecule has 1 fully saturated rings. The minimum atomic E-state index is -0.449. The molecule has 1 N–H and O–H groups in total. The number of nitrogens with zero attached hydrogens (tertiary/aromatic N) is 3. The molecule has 2 aromatic heterocycles. The summed E-state index contributed by atoms with van der Waals surface area (Å²) in [6.45, 7) is 3.01. The van der Waals surface area contributed by atoms with Crippen LogP contribution in [0.5, 0.6) is 0 Å². The molecule has 8 heteroatoms. The fourth-order valence-electron chi connectivity index (χ4n) is 3.50. The Bertz CT molecular complexity index is 1070. The Hall–Kier alpha value is -3.26. The van der Waals surface area contributed by atoms with Crippen molar-refractivity contribution in [1.29, 1.82) is 0 Å². The zero-order chi connectivity index (χ0) is 20.9. The molecule has 3 heterocycles. The molecule has 1 aliphatic heterocycles. The second-order valence-corrected chi connectivity index (χ2v) is 7.34. The molecular weight excluding hydrogens is 384 g/mol. The van der Waals surface area contributed by atoms with E-state index in [0.29, 0.717) is 36.9 Å². The van der Waals surface area contributed by atoms with E-state index in [0.717, 1.165) is 18.4 Å². The third-order valence-corrected chi connectivity index (χ3v) is 5.18. The first-order chi connectivity index (χ1) is 14.6. The van der Waals surface area contributed by atoms with Gasteiger partial charge in [-0.3, -0.25) is 9.59 Å². The third-order valence-electron chi connectivity index (χ3n) is 5.18. The molecule has 1 saturated heterocycles.